The predicted molar refractivity (Wildman–Crippen MR) is 128 cm³/mol. The number of aromatic nitrogens is 4. The Bertz CT molecular complexity index is 1120. The Morgan fingerprint density at radius 3 is 2.39 bits per heavy atom. The van der Waals surface area contributed by atoms with Crippen molar-refractivity contribution in [2.45, 2.75) is 71.8 Å². The van der Waals surface area contributed by atoms with Gasteiger partial charge in [0.15, 0.2) is 17.3 Å². The maximum absolute atomic E-state index is 11.9. The van der Waals surface area contributed by atoms with E-state index >= 15 is 0 Å². The van der Waals surface area contributed by atoms with Gasteiger partial charge in [-0.2, -0.15) is 0 Å². The van der Waals surface area contributed by atoms with Crippen LogP contribution < -0.4 is 14.8 Å². The van der Waals surface area contributed by atoms with Gasteiger partial charge in [-0.15, -0.1) is 10.2 Å². The summed E-state index contributed by atoms with van der Waals surface area (Å²) in [5.74, 6) is 2.79. The van der Waals surface area contributed by atoms with Gasteiger partial charge >= 0.3 is 5.97 Å². The van der Waals surface area contributed by atoms with Gasteiger partial charge in [0.1, 0.15) is 11.4 Å². The van der Waals surface area contributed by atoms with Crippen molar-refractivity contribution < 1.29 is 19.0 Å². The number of anilines is 1. The van der Waals surface area contributed by atoms with E-state index in [1.807, 2.05) is 37.3 Å². The van der Waals surface area contributed by atoms with Gasteiger partial charge in [0.05, 0.1) is 25.3 Å². The van der Waals surface area contributed by atoms with E-state index in [0.29, 0.717) is 35.9 Å². The number of benzene rings is 1. The first-order valence-electron chi connectivity index (χ1n) is 11.4. The molecule has 1 aromatic carbocycles. The second kappa shape index (κ2) is 10.2. The van der Waals surface area contributed by atoms with E-state index in [-0.39, 0.29) is 11.9 Å². The number of rotatable bonds is 10. The fourth-order valence-corrected chi connectivity index (χ4v) is 3.65. The van der Waals surface area contributed by atoms with Crippen LogP contribution in [0.4, 0.5) is 5.82 Å². The highest BCUT2D eigenvalue weighted by Gasteiger charge is 2.19. The van der Waals surface area contributed by atoms with Gasteiger partial charge in [0.2, 0.25) is 5.65 Å². The summed E-state index contributed by atoms with van der Waals surface area (Å²) in [6.45, 7) is 10.5. The summed E-state index contributed by atoms with van der Waals surface area (Å²) in [6, 6.07) is 3.77. The first-order valence-corrected chi connectivity index (χ1v) is 11.4. The van der Waals surface area contributed by atoms with Crippen molar-refractivity contribution in [2.24, 2.45) is 0 Å². The Hall–Kier alpha value is -3.10. The third kappa shape index (κ3) is 5.83. The molecule has 0 unspecified atom stereocenters. The smallest absolute Gasteiger partial charge is 0.306 e. The molecule has 9 heteroatoms. The molecule has 3 aromatic rings. The van der Waals surface area contributed by atoms with Crippen LogP contribution in [0, 0.1) is 0 Å². The molecule has 3 rings (SSSR count). The highest BCUT2D eigenvalue weighted by molar-refractivity contribution is 5.86. The van der Waals surface area contributed by atoms with E-state index in [2.05, 4.69) is 29.4 Å². The van der Waals surface area contributed by atoms with Crippen molar-refractivity contribution in [1.82, 2.24) is 19.6 Å². The lowest BCUT2D eigenvalue weighted by Crippen LogP contribution is -2.23. The van der Waals surface area contributed by atoms with Crippen molar-refractivity contribution in [3.63, 3.8) is 0 Å². The SMILES string of the molecule is COc1cc2nc(NCCCCCC(=O)OC(C)(C)C)c3nnc(C(C)C)n3c2cc1OC. The van der Waals surface area contributed by atoms with Gasteiger partial charge < -0.3 is 19.5 Å². The monoisotopic (exact) mass is 457 g/mol. The molecule has 0 aliphatic rings. The van der Waals surface area contributed by atoms with Crippen LogP contribution in [0.15, 0.2) is 12.1 Å². The van der Waals surface area contributed by atoms with Gasteiger partial charge in [-0.05, 0) is 33.6 Å². The molecule has 0 bridgehead atoms. The molecule has 2 heterocycles. The molecular weight excluding hydrogens is 422 g/mol. The molecule has 1 N–H and O–H groups in total. The fraction of sp³-hybridized carbons (Fsp3) is 0.583. The number of unbranched alkanes of at least 4 members (excludes halogenated alkanes) is 2. The topological polar surface area (TPSA) is 99.9 Å². The van der Waals surface area contributed by atoms with Crippen LogP contribution in [0.25, 0.3) is 16.7 Å². The summed E-state index contributed by atoms with van der Waals surface area (Å²) in [6.07, 6.45) is 3.02. The zero-order valence-electron chi connectivity index (χ0n) is 20.7. The normalized spacial score (nSPS) is 11.9. The Morgan fingerprint density at radius 2 is 1.76 bits per heavy atom. The molecule has 0 aliphatic heterocycles. The number of hydrogen-bond donors (Lipinski definition) is 1. The highest BCUT2D eigenvalue weighted by Crippen LogP contribution is 2.34. The number of nitrogens with zero attached hydrogens (tertiary/aromatic N) is 4. The molecular formula is C24H35N5O4. The molecule has 0 fully saturated rings. The minimum absolute atomic E-state index is 0.151. The third-order valence-electron chi connectivity index (χ3n) is 5.14. The minimum atomic E-state index is -0.439. The third-order valence-corrected chi connectivity index (χ3v) is 5.14. The van der Waals surface area contributed by atoms with Crippen LogP contribution >= 0.6 is 0 Å². The number of fused-ring (bicyclic) bond motifs is 3. The summed E-state index contributed by atoms with van der Waals surface area (Å²) >= 11 is 0. The average Bonchev–Trinajstić information content (AvgIpc) is 3.19. The van der Waals surface area contributed by atoms with Crippen LogP contribution in [0.2, 0.25) is 0 Å². The zero-order chi connectivity index (χ0) is 24.2. The Morgan fingerprint density at radius 1 is 1.06 bits per heavy atom. The van der Waals surface area contributed by atoms with E-state index in [1.54, 1.807) is 14.2 Å². The second-order valence-electron chi connectivity index (χ2n) is 9.35. The summed E-state index contributed by atoms with van der Waals surface area (Å²) in [4.78, 5) is 16.7. The average molecular weight is 458 g/mol. The van der Waals surface area contributed by atoms with Gasteiger partial charge in [-0.3, -0.25) is 9.20 Å². The van der Waals surface area contributed by atoms with Crippen LogP contribution in [-0.2, 0) is 9.53 Å². The molecule has 0 saturated heterocycles. The van der Waals surface area contributed by atoms with Crippen molar-refractivity contribution in [3.8, 4) is 11.5 Å². The van der Waals surface area contributed by atoms with Gasteiger partial charge in [0, 0.05) is 31.0 Å². The van der Waals surface area contributed by atoms with E-state index in [1.165, 1.54) is 0 Å². The molecule has 0 amide bonds. The summed E-state index contributed by atoms with van der Waals surface area (Å²) < 4.78 is 18.3. The summed E-state index contributed by atoms with van der Waals surface area (Å²) in [5.41, 5.74) is 1.85. The van der Waals surface area contributed by atoms with Crippen molar-refractivity contribution in [2.75, 3.05) is 26.1 Å². The maximum Gasteiger partial charge on any atom is 0.306 e. The van der Waals surface area contributed by atoms with E-state index in [9.17, 15) is 4.79 Å². The number of methoxy groups -OCH3 is 2. The first-order chi connectivity index (χ1) is 15.6. The maximum atomic E-state index is 11.9. The Labute approximate surface area is 194 Å². The number of esters is 1. The molecule has 33 heavy (non-hydrogen) atoms. The number of ether oxygens (including phenoxy) is 3. The molecule has 0 aliphatic carbocycles. The second-order valence-corrected chi connectivity index (χ2v) is 9.35. The van der Waals surface area contributed by atoms with E-state index in [4.69, 9.17) is 19.2 Å². The lowest BCUT2D eigenvalue weighted by atomic mass is 10.1. The molecule has 2 aromatic heterocycles. The fourth-order valence-electron chi connectivity index (χ4n) is 3.65. The van der Waals surface area contributed by atoms with Gasteiger partial charge in [0.25, 0.3) is 0 Å². The van der Waals surface area contributed by atoms with Crippen LogP contribution in [0.3, 0.4) is 0 Å². The Kier molecular flexibility index (Phi) is 7.61. The first kappa shape index (κ1) is 24.5. The molecule has 0 spiro atoms. The number of carbonyl (C=O) groups excluding carboxylic acids is 1. The molecule has 9 nitrogen and oxygen atoms in total. The van der Waals surface area contributed by atoms with E-state index < -0.39 is 5.60 Å². The van der Waals surface area contributed by atoms with Crippen LogP contribution in [0.1, 0.15) is 72.0 Å². The van der Waals surface area contributed by atoms with E-state index in [0.717, 1.165) is 36.1 Å². The number of nitrogens with one attached hydrogen (secondary N) is 1. The molecule has 0 radical (unpaired) electrons. The van der Waals surface area contributed by atoms with Crippen molar-refractivity contribution >= 4 is 28.5 Å². The lowest BCUT2D eigenvalue weighted by molar-refractivity contribution is -0.154. The summed E-state index contributed by atoms with van der Waals surface area (Å²) in [7, 11) is 3.22. The zero-order valence-corrected chi connectivity index (χ0v) is 20.7. The lowest BCUT2D eigenvalue weighted by Gasteiger charge is -2.19. The quantitative estimate of drug-likeness (QED) is 0.344. The van der Waals surface area contributed by atoms with Gasteiger partial charge in [-0.1, -0.05) is 20.3 Å². The number of carbonyl (C=O) groups is 1. The van der Waals surface area contributed by atoms with Crippen LogP contribution in [0.5, 0.6) is 11.5 Å². The van der Waals surface area contributed by atoms with Crippen LogP contribution in [-0.4, -0.2) is 51.9 Å². The molecule has 180 valence electrons. The van der Waals surface area contributed by atoms with Gasteiger partial charge in [-0.25, -0.2) is 4.98 Å². The Balaban J connectivity index is 1.76. The summed E-state index contributed by atoms with van der Waals surface area (Å²) in [5, 5.41) is 12.2. The minimum Gasteiger partial charge on any atom is -0.493 e. The van der Waals surface area contributed by atoms with Crippen molar-refractivity contribution in [3.05, 3.63) is 18.0 Å². The number of hydrogen-bond acceptors (Lipinski definition) is 8. The predicted octanol–water partition coefficient (Wildman–Crippen LogP) is 4.73. The van der Waals surface area contributed by atoms with Crippen molar-refractivity contribution in [1.29, 1.82) is 0 Å². The standard InChI is InChI=1S/C24H35N5O4/c1-15(2)22-27-28-23-21(25-12-10-8-9-11-20(30)33-24(3,4)5)26-16-13-18(31-6)19(32-7)14-17(16)29(22)23/h13-15H,8-12H2,1-7H3,(H,25,26). The molecule has 0 saturated carbocycles. The molecule has 0 atom stereocenters. The largest absolute Gasteiger partial charge is 0.493 e. The highest BCUT2D eigenvalue weighted by atomic mass is 16.6.